The fraction of sp³-hybridized carbons (Fsp3) is 0.167. The number of nitrogens with one attached hydrogen (secondary N) is 1. The van der Waals surface area contributed by atoms with E-state index in [-0.39, 0.29) is 0 Å². The summed E-state index contributed by atoms with van der Waals surface area (Å²) in [6, 6.07) is 12.0. The fourth-order valence-corrected chi connectivity index (χ4v) is 1.82. The molecule has 16 heavy (non-hydrogen) atoms. The topological polar surface area (TPSA) is 37.8 Å². The maximum atomic E-state index is 4.01. The summed E-state index contributed by atoms with van der Waals surface area (Å²) in [7, 11) is 0. The van der Waals surface area contributed by atoms with Gasteiger partial charge < -0.3 is 5.32 Å². The molecule has 1 aromatic heterocycles. The Morgan fingerprint density at radius 1 is 1.06 bits per heavy atom. The first-order valence-corrected chi connectivity index (χ1v) is 5.86. The summed E-state index contributed by atoms with van der Waals surface area (Å²) >= 11 is 3.51. The van der Waals surface area contributed by atoms with Crippen molar-refractivity contribution in [3.05, 3.63) is 58.3 Å². The van der Waals surface area contributed by atoms with Crippen LogP contribution in [0.2, 0.25) is 0 Å². The van der Waals surface area contributed by atoms with E-state index in [1.54, 1.807) is 6.20 Å². The Kier molecular flexibility index (Phi) is 4.02. The quantitative estimate of drug-likeness (QED) is 0.933. The van der Waals surface area contributed by atoms with Gasteiger partial charge in [0.2, 0.25) is 0 Å². The smallest absolute Gasteiger partial charge is 0.0769 e. The van der Waals surface area contributed by atoms with E-state index in [0.29, 0.717) is 0 Å². The van der Waals surface area contributed by atoms with Crippen molar-refractivity contribution in [3.8, 4) is 0 Å². The molecule has 1 N–H and O–H groups in total. The number of nitrogens with zero attached hydrogens (tertiary/aromatic N) is 2. The third-order valence-electron chi connectivity index (χ3n) is 2.21. The molecule has 0 saturated carbocycles. The van der Waals surface area contributed by atoms with Gasteiger partial charge >= 0.3 is 0 Å². The van der Waals surface area contributed by atoms with Crippen molar-refractivity contribution in [3.63, 3.8) is 0 Å². The summed E-state index contributed by atoms with van der Waals surface area (Å²) in [5, 5.41) is 11.2. The van der Waals surface area contributed by atoms with Crippen LogP contribution in [-0.4, -0.2) is 10.2 Å². The minimum atomic E-state index is 0.731. The minimum Gasteiger partial charge on any atom is -0.307 e. The Balaban J connectivity index is 1.87. The normalized spacial score (nSPS) is 10.3. The first-order chi connectivity index (χ1) is 7.86. The zero-order valence-electron chi connectivity index (χ0n) is 8.73. The molecular weight excluding hydrogens is 266 g/mol. The molecule has 2 rings (SSSR count). The number of hydrogen-bond donors (Lipinski definition) is 1. The molecule has 0 aliphatic heterocycles. The standard InChI is InChI=1S/C12H12BrN3/c13-12-6-2-1-4-10(12)8-14-9-11-5-3-7-15-16-11/h1-7,14H,8-9H2. The summed E-state index contributed by atoms with van der Waals surface area (Å²) in [5.74, 6) is 0. The van der Waals surface area contributed by atoms with E-state index in [0.717, 1.165) is 23.3 Å². The van der Waals surface area contributed by atoms with Crippen LogP contribution in [0.1, 0.15) is 11.3 Å². The van der Waals surface area contributed by atoms with Crippen LogP contribution >= 0.6 is 15.9 Å². The van der Waals surface area contributed by atoms with E-state index in [1.807, 2.05) is 30.3 Å². The molecule has 0 amide bonds. The van der Waals surface area contributed by atoms with Gasteiger partial charge in [0, 0.05) is 23.8 Å². The highest BCUT2D eigenvalue weighted by Crippen LogP contribution is 2.15. The molecule has 1 aromatic carbocycles. The lowest BCUT2D eigenvalue weighted by Crippen LogP contribution is -2.14. The van der Waals surface area contributed by atoms with Gasteiger partial charge in [0.1, 0.15) is 0 Å². The summed E-state index contributed by atoms with van der Waals surface area (Å²) in [6.07, 6.45) is 1.68. The van der Waals surface area contributed by atoms with E-state index < -0.39 is 0 Å². The van der Waals surface area contributed by atoms with Crippen molar-refractivity contribution in [1.82, 2.24) is 15.5 Å². The maximum absolute atomic E-state index is 4.01. The van der Waals surface area contributed by atoms with Crippen molar-refractivity contribution in [1.29, 1.82) is 0 Å². The van der Waals surface area contributed by atoms with Crippen LogP contribution < -0.4 is 5.32 Å². The molecular formula is C12H12BrN3. The zero-order valence-corrected chi connectivity index (χ0v) is 10.3. The van der Waals surface area contributed by atoms with E-state index in [1.165, 1.54) is 5.56 Å². The number of hydrogen-bond acceptors (Lipinski definition) is 3. The first kappa shape index (κ1) is 11.2. The molecule has 0 atom stereocenters. The maximum Gasteiger partial charge on any atom is 0.0769 e. The molecule has 0 fully saturated rings. The van der Waals surface area contributed by atoms with E-state index >= 15 is 0 Å². The lowest BCUT2D eigenvalue weighted by atomic mass is 10.2. The van der Waals surface area contributed by atoms with Gasteiger partial charge in [-0.1, -0.05) is 34.1 Å². The van der Waals surface area contributed by atoms with Crippen LogP contribution in [0.25, 0.3) is 0 Å². The van der Waals surface area contributed by atoms with E-state index in [2.05, 4.69) is 37.5 Å². The second-order valence-corrected chi connectivity index (χ2v) is 4.26. The van der Waals surface area contributed by atoms with Crippen molar-refractivity contribution < 1.29 is 0 Å². The average Bonchev–Trinajstić information content (AvgIpc) is 2.33. The van der Waals surface area contributed by atoms with E-state index in [9.17, 15) is 0 Å². The van der Waals surface area contributed by atoms with Crippen LogP contribution in [0.15, 0.2) is 47.1 Å². The Hall–Kier alpha value is -1.26. The second kappa shape index (κ2) is 5.72. The largest absolute Gasteiger partial charge is 0.307 e. The molecule has 0 aliphatic rings. The van der Waals surface area contributed by atoms with E-state index in [4.69, 9.17) is 0 Å². The summed E-state index contributed by atoms with van der Waals surface area (Å²) < 4.78 is 1.13. The number of rotatable bonds is 4. The summed E-state index contributed by atoms with van der Waals surface area (Å²) in [4.78, 5) is 0. The molecule has 3 nitrogen and oxygen atoms in total. The third-order valence-corrected chi connectivity index (χ3v) is 2.98. The fourth-order valence-electron chi connectivity index (χ4n) is 1.39. The Labute approximate surface area is 103 Å². The van der Waals surface area contributed by atoms with Crippen molar-refractivity contribution >= 4 is 15.9 Å². The number of aromatic nitrogens is 2. The number of halogens is 1. The van der Waals surface area contributed by atoms with Gasteiger partial charge in [-0.15, -0.1) is 0 Å². The molecule has 82 valence electrons. The van der Waals surface area contributed by atoms with Crippen LogP contribution in [0, 0.1) is 0 Å². The van der Waals surface area contributed by atoms with Gasteiger partial charge in [-0.2, -0.15) is 10.2 Å². The Morgan fingerprint density at radius 3 is 2.69 bits per heavy atom. The van der Waals surface area contributed by atoms with Crippen molar-refractivity contribution in [2.24, 2.45) is 0 Å². The predicted molar refractivity (Wildman–Crippen MR) is 66.7 cm³/mol. The van der Waals surface area contributed by atoms with Crippen LogP contribution in [-0.2, 0) is 13.1 Å². The van der Waals surface area contributed by atoms with Gasteiger partial charge in [-0.3, -0.25) is 0 Å². The molecule has 0 spiro atoms. The van der Waals surface area contributed by atoms with Gasteiger partial charge in [-0.05, 0) is 23.8 Å². The molecule has 0 saturated heterocycles. The Bertz CT molecular complexity index is 445. The van der Waals surface area contributed by atoms with Gasteiger partial charge in [-0.25, -0.2) is 0 Å². The zero-order chi connectivity index (χ0) is 11.2. The first-order valence-electron chi connectivity index (χ1n) is 5.07. The van der Waals surface area contributed by atoms with Gasteiger partial charge in [0.15, 0.2) is 0 Å². The molecule has 0 radical (unpaired) electrons. The van der Waals surface area contributed by atoms with Crippen LogP contribution in [0.5, 0.6) is 0 Å². The monoisotopic (exact) mass is 277 g/mol. The van der Waals surface area contributed by atoms with Gasteiger partial charge in [0.05, 0.1) is 5.69 Å². The SMILES string of the molecule is Brc1ccccc1CNCc1cccnn1. The number of benzene rings is 1. The molecule has 0 unspecified atom stereocenters. The average molecular weight is 278 g/mol. The van der Waals surface area contributed by atoms with Crippen LogP contribution in [0.4, 0.5) is 0 Å². The molecule has 4 heteroatoms. The molecule has 0 aliphatic carbocycles. The van der Waals surface area contributed by atoms with Crippen molar-refractivity contribution in [2.75, 3.05) is 0 Å². The second-order valence-electron chi connectivity index (χ2n) is 3.41. The summed E-state index contributed by atoms with van der Waals surface area (Å²) in [6.45, 7) is 1.55. The van der Waals surface area contributed by atoms with Crippen molar-refractivity contribution in [2.45, 2.75) is 13.1 Å². The highest BCUT2D eigenvalue weighted by atomic mass is 79.9. The molecule has 0 bridgehead atoms. The van der Waals surface area contributed by atoms with Crippen LogP contribution in [0.3, 0.4) is 0 Å². The lowest BCUT2D eigenvalue weighted by molar-refractivity contribution is 0.668. The molecule has 1 heterocycles. The summed E-state index contributed by atoms with van der Waals surface area (Å²) in [5.41, 5.74) is 2.20. The third kappa shape index (κ3) is 3.12. The Morgan fingerprint density at radius 2 is 1.94 bits per heavy atom. The van der Waals surface area contributed by atoms with Gasteiger partial charge in [0.25, 0.3) is 0 Å². The molecule has 2 aromatic rings. The predicted octanol–water partition coefficient (Wildman–Crippen LogP) is 2.53. The highest BCUT2D eigenvalue weighted by molar-refractivity contribution is 9.10. The minimum absolute atomic E-state index is 0.731. The highest BCUT2D eigenvalue weighted by Gasteiger charge is 1.98. The lowest BCUT2D eigenvalue weighted by Gasteiger charge is -2.05.